The van der Waals surface area contributed by atoms with Gasteiger partial charge in [-0.15, -0.1) is 0 Å². The number of hydroxylamine groups is 1. The Morgan fingerprint density at radius 3 is 2.67 bits per heavy atom. The molecule has 0 radical (unpaired) electrons. The van der Waals surface area contributed by atoms with Crippen molar-refractivity contribution in [3.63, 3.8) is 0 Å². The maximum Gasteiger partial charge on any atom is 0.172 e. The zero-order valence-corrected chi connectivity index (χ0v) is 10.5. The molecule has 2 N–H and O–H groups in total. The monoisotopic (exact) mass is 275 g/mol. The van der Waals surface area contributed by atoms with Gasteiger partial charge >= 0.3 is 0 Å². The lowest BCUT2D eigenvalue weighted by Crippen LogP contribution is -2.12. The third-order valence-electron chi connectivity index (χ3n) is 2.14. The minimum atomic E-state index is 0.107. The highest BCUT2D eigenvalue weighted by Gasteiger charge is 2.13. The van der Waals surface area contributed by atoms with Gasteiger partial charge in [0, 0.05) is 6.54 Å². The molecule has 84 valence electrons. The van der Waals surface area contributed by atoms with Crippen LogP contribution in [0.2, 0.25) is 0 Å². The number of nitrogens with one attached hydrogen (secondary N) is 1. The fourth-order valence-corrected chi connectivity index (χ4v) is 1.94. The van der Waals surface area contributed by atoms with Crippen LogP contribution in [-0.2, 0) is 11.4 Å². The van der Waals surface area contributed by atoms with Gasteiger partial charge in [-0.25, -0.2) is 0 Å². The lowest BCUT2D eigenvalue weighted by atomic mass is 10.1. The summed E-state index contributed by atoms with van der Waals surface area (Å²) in [5.74, 6) is 0.566. The molecule has 0 aliphatic carbocycles. The first-order valence-electron chi connectivity index (χ1n) is 4.42. The fraction of sp³-hybridized carbons (Fsp3) is 0.400. The van der Waals surface area contributed by atoms with Crippen LogP contribution in [0.3, 0.4) is 0 Å². The van der Waals surface area contributed by atoms with Gasteiger partial charge < -0.3 is 14.7 Å². The summed E-state index contributed by atoms with van der Waals surface area (Å²) in [7, 11) is 3.07. The van der Waals surface area contributed by atoms with Gasteiger partial charge in [0.15, 0.2) is 11.5 Å². The minimum Gasteiger partial charge on any atom is -0.503 e. The van der Waals surface area contributed by atoms with Crippen molar-refractivity contribution in [2.24, 2.45) is 0 Å². The van der Waals surface area contributed by atoms with Crippen LogP contribution < -0.4 is 10.2 Å². The van der Waals surface area contributed by atoms with Crippen molar-refractivity contribution in [2.75, 3.05) is 14.2 Å². The van der Waals surface area contributed by atoms with E-state index in [0.717, 1.165) is 11.1 Å². The molecule has 5 heteroatoms. The number of methoxy groups -OCH3 is 1. The highest BCUT2D eigenvalue weighted by Crippen LogP contribution is 2.38. The Hall–Kier alpha value is -0.780. The van der Waals surface area contributed by atoms with Crippen molar-refractivity contribution < 1.29 is 14.7 Å². The molecule has 0 fully saturated rings. The predicted molar refractivity (Wildman–Crippen MR) is 60.9 cm³/mol. The molecule has 15 heavy (non-hydrogen) atoms. The molecule has 4 nitrogen and oxygen atoms in total. The number of aryl methyl sites for hydroxylation is 1. The summed E-state index contributed by atoms with van der Waals surface area (Å²) in [6.07, 6.45) is 0. The summed E-state index contributed by atoms with van der Waals surface area (Å²) < 4.78 is 5.66. The molecule has 0 aliphatic rings. The highest BCUT2D eigenvalue weighted by atomic mass is 79.9. The maximum atomic E-state index is 9.76. The second-order valence-electron chi connectivity index (χ2n) is 3.06. The molecule has 0 saturated carbocycles. The highest BCUT2D eigenvalue weighted by molar-refractivity contribution is 9.10. The van der Waals surface area contributed by atoms with Gasteiger partial charge in [-0.3, -0.25) is 0 Å². The molecule has 1 aromatic rings. The van der Waals surface area contributed by atoms with E-state index < -0.39 is 0 Å². The molecule has 0 amide bonds. The van der Waals surface area contributed by atoms with E-state index in [0.29, 0.717) is 16.8 Å². The van der Waals surface area contributed by atoms with Crippen molar-refractivity contribution in [3.8, 4) is 11.5 Å². The summed E-state index contributed by atoms with van der Waals surface area (Å²) in [5, 5.41) is 9.76. The van der Waals surface area contributed by atoms with Crippen LogP contribution in [-0.4, -0.2) is 19.3 Å². The number of ether oxygens (including phenoxy) is 1. The summed E-state index contributed by atoms with van der Waals surface area (Å²) in [6.45, 7) is 2.46. The largest absolute Gasteiger partial charge is 0.503 e. The first kappa shape index (κ1) is 12.3. The number of halogens is 1. The SMILES string of the molecule is CONCc1c(C)cc(OC)c(O)c1Br. The zero-order valence-electron chi connectivity index (χ0n) is 8.93. The van der Waals surface area contributed by atoms with Gasteiger partial charge in [0.05, 0.1) is 18.7 Å². The van der Waals surface area contributed by atoms with E-state index in [1.165, 1.54) is 7.11 Å². The molecule has 0 spiro atoms. The van der Waals surface area contributed by atoms with Crippen LogP contribution in [0.15, 0.2) is 10.5 Å². The summed E-state index contributed by atoms with van der Waals surface area (Å²) >= 11 is 3.33. The zero-order chi connectivity index (χ0) is 11.4. The number of hydrogen-bond acceptors (Lipinski definition) is 4. The fourth-order valence-electron chi connectivity index (χ4n) is 1.29. The normalized spacial score (nSPS) is 10.4. The minimum absolute atomic E-state index is 0.107. The Kier molecular flexibility index (Phi) is 4.38. The number of aromatic hydroxyl groups is 1. The lowest BCUT2D eigenvalue weighted by molar-refractivity contribution is 0.0863. The van der Waals surface area contributed by atoms with Crippen molar-refractivity contribution in [1.29, 1.82) is 0 Å². The third kappa shape index (κ3) is 2.62. The second-order valence-corrected chi connectivity index (χ2v) is 3.86. The van der Waals surface area contributed by atoms with Crippen LogP contribution in [0.5, 0.6) is 11.5 Å². The van der Waals surface area contributed by atoms with E-state index in [1.54, 1.807) is 13.2 Å². The molecule has 0 bridgehead atoms. The molecular weight excluding hydrogens is 262 g/mol. The van der Waals surface area contributed by atoms with Gasteiger partial charge in [0.25, 0.3) is 0 Å². The third-order valence-corrected chi connectivity index (χ3v) is 3.00. The second kappa shape index (κ2) is 5.34. The van der Waals surface area contributed by atoms with E-state index in [4.69, 9.17) is 9.57 Å². The van der Waals surface area contributed by atoms with E-state index >= 15 is 0 Å². The molecule has 0 atom stereocenters. The Morgan fingerprint density at radius 2 is 2.13 bits per heavy atom. The maximum absolute atomic E-state index is 9.76. The van der Waals surface area contributed by atoms with Crippen molar-refractivity contribution in [2.45, 2.75) is 13.5 Å². The number of rotatable bonds is 4. The van der Waals surface area contributed by atoms with E-state index in [1.807, 2.05) is 6.92 Å². The lowest BCUT2D eigenvalue weighted by Gasteiger charge is -2.13. The van der Waals surface area contributed by atoms with Crippen LogP contribution in [0.4, 0.5) is 0 Å². The van der Waals surface area contributed by atoms with E-state index in [2.05, 4.69) is 21.4 Å². The molecule has 0 unspecified atom stereocenters. The predicted octanol–water partition coefficient (Wildman–Crippen LogP) is 2.12. The quantitative estimate of drug-likeness (QED) is 0.827. The summed E-state index contributed by atoms with van der Waals surface area (Å²) in [6, 6.07) is 1.78. The van der Waals surface area contributed by atoms with Gasteiger partial charge in [0.2, 0.25) is 0 Å². The molecular formula is C10H14BrNO3. The standard InChI is InChI=1S/C10H14BrNO3/c1-6-4-8(14-2)10(13)9(11)7(6)5-12-15-3/h4,12-13H,5H2,1-3H3. The van der Waals surface area contributed by atoms with Crippen molar-refractivity contribution >= 4 is 15.9 Å². The van der Waals surface area contributed by atoms with E-state index in [-0.39, 0.29) is 5.75 Å². The van der Waals surface area contributed by atoms with Gasteiger partial charge in [-0.1, -0.05) is 0 Å². The molecule has 0 aromatic heterocycles. The number of benzene rings is 1. The van der Waals surface area contributed by atoms with Gasteiger partial charge in [-0.2, -0.15) is 5.48 Å². The topological polar surface area (TPSA) is 50.7 Å². The van der Waals surface area contributed by atoms with Gasteiger partial charge in [0.1, 0.15) is 0 Å². The number of phenolic OH excluding ortho intramolecular Hbond substituents is 1. The number of hydrogen-bond donors (Lipinski definition) is 2. The first-order chi connectivity index (χ1) is 7.11. The molecule has 1 rings (SSSR count). The Balaban J connectivity index is 3.11. The smallest absolute Gasteiger partial charge is 0.172 e. The van der Waals surface area contributed by atoms with Crippen LogP contribution >= 0.6 is 15.9 Å². The van der Waals surface area contributed by atoms with Crippen molar-refractivity contribution in [3.05, 3.63) is 21.7 Å². The molecule has 1 aromatic carbocycles. The molecule has 0 heterocycles. The van der Waals surface area contributed by atoms with E-state index in [9.17, 15) is 5.11 Å². The van der Waals surface area contributed by atoms with Crippen LogP contribution in [0.25, 0.3) is 0 Å². The molecule has 0 saturated heterocycles. The average molecular weight is 276 g/mol. The Bertz CT molecular complexity index is 355. The Labute approximate surface area is 97.3 Å². The van der Waals surface area contributed by atoms with Gasteiger partial charge in [-0.05, 0) is 40.0 Å². The summed E-state index contributed by atoms with van der Waals surface area (Å²) in [4.78, 5) is 4.77. The van der Waals surface area contributed by atoms with Crippen LogP contribution in [0, 0.1) is 6.92 Å². The Morgan fingerprint density at radius 1 is 1.47 bits per heavy atom. The number of phenols is 1. The molecule has 0 aliphatic heterocycles. The first-order valence-corrected chi connectivity index (χ1v) is 5.21. The average Bonchev–Trinajstić information content (AvgIpc) is 2.23. The summed E-state index contributed by atoms with van der Waals surface area (Å²) in [5.41, 5.74) is 4.68. The van der Waals surface area contributed by atoms with Crippen LogP contribution in [0.1, 0.15) is 11.1 Å². The van der Waals surface area contributed by atoms with Crippen molar-refractivity contribution in [1.82, 2.24) is 5.48 Å².